The van der Waals surface area contributed by atoms with Crippen molar-refractivity contribution in [1.82, 2.24) is 0 Å². The van der Waals surface area contributed by atoms with Crippen molar-refractivity contribution < 1.29 is 4.79 Å². The summed E-state index contributed by atoms with van der Waals surface area (Å²) in [6.07, 6.45) is 19.4. The molecule has 0 radical (unpaired) electrons. The van der Waals surface area contributed by atoms with Gasteiger partial charge in [0.25, 0.3) is 0 Å². The first-order valence-corrected chi connectivity index (χ1v) is 11.8. The molecule has 0 spiro atoms. The highest BCUT2D eigenvalue weighted by Crippen LogP contribution is 2.24. The van der Waals surface area contributed by atoms with Gasteiger partial charge in [-0.15, -0.1) is 11.8 Å². The zero-order chi connectivity index (χ0) is 18.9. The fourth-order valence-electron chi connectivity index (χ4n) is 3.27. The molecule has 2 nitrogen and oxygen atoms in total. The average Bonchev–Trinajstić information content (AvgIpc) is 2.65. The molecule has 0 saturated heterocycles. The lowest BCUT2D eigenvalue weighted by Crippen LogP contribution is -2.11. The number of carbonyl (C=O) groups is 1. The first kappa shape index (κ1) is 23.1. The van der Waals surface area contributed by atoms with E-state index < -0.39 is 0 Å². The van der Waals surface area contributed by atoms with E-state index in [4.69, 9.17) is 5.73 Å². The minimum Gasteiger partial charge on any atom is -0.366 e. The van der Waals surface area contributed by atoms with Crippen molar-refractivity contribution in [3.05, 3.63) is 29.8 Å². The van der Waals surface area contributed by atoms with E-state index in [-0.39, 0.29) is 5.91 Å². The molecular formula is C23H39NOS. The van der Waals surface area contributed by atoms with Gasteiger partial charge in [0, 0.05) is 4.90 Å². The van der Waals surface area contributed by atoms with Crippen LogP contribution in [0.15, 0.2) is 29.2 Å². The molecule has 0 aliphatic rings. The molecule has 148 valence electrons. The molecule has 3 heteroatoms. The molecule has 0 saturated carbocycles. The van der Waals surface area contributed by atoms with E-state index in [1.54, 1.807) is 11.8 Å². The molecule has 1 amide bonds. The number of unbranched alkanes of at least 4 members (excludes halogenated alkanes) is 13. The molecule has 0 fully saturated rings. The van der Waals surface area contributed by atoms with Gasteiger partial charge in [-0.05, 0) is 24.3 Å². The second kappa shape index (κ2) is 16.2. The van der Waals surface area contributed by atoms with Crippen molar-refractivity contribution in [1.29, 1.82) is 0 Å². The highest BCUT2D eigenvalue weighted by Gasteiger charge is 2.06. The summed E-state index contributed by atoms with van der Waals surface area (Å²) >= 11 is 1.76. The lowest BCUT2D eigenvalue weighted by molar-refractivity contribution is 0.0997. The van der Waals surface area contributed by atoms with E-state index in [2.05, 4.69) is 6.92 Å². The molecule has 0 heterocycles. The molecule has 0 aliphatic carbocycles. The van der Waals surface area contributed by atoms with E-state index >= 15 is 0 Å². The van der Waals surface area contributed by atoms with Gasteiger partial charge >= 0.3 is 0 Å². The van der Waals surface area contributed by atoms with Crippen molar-refractivity contribution >= 4 is 17.7 Å². The van der Waals surface area contributed by atoms with Gasteiger partial charge in [0.05, 0.1) is 5.56 Å². The summed E-state index contributed by atoms with van der Waals surface area (Å²) in [5, 5.41) is 0. The molecule has 0 unspecified atom stereocenters. The predicted octanol–water partition coefficient (Wildman–Crippen LogP) is 7.36. The maximum atomic E-state index is 11.4. The number of benzene rings is 1. The van der Waals surface area contributed by atoms with E-state index in [1.807, 2.05) is 24.3 Å². The molecule has 0 atom stereocenters. The van der Waals surface area contributed by atoms with Gasteiger partial charge in [-0.25, -0.2) is 0 Å². The second-order valence-electron chi connectivity index (χ2n) is 7.31. The second-order valence-corrected chi connectivity index (χ2v) is 8.44. The van der Waals surface area contributed by atoms with Crippen LogP contribution in [-0.4, -0.2) is 11.7 Å². The quantitative estimate of drug-likeness (QED) is 0.228. The molecule has 0 aliphatic heterocycles. The van der Waals surface area contributed by atoms with Gasteiger partial charge in [0.15, 0.2) is 0 Å². The van der Waals surface area contributed by atoms with Gasteiger partial charge in [0.1, 0.15) is 0 Å². The van der Waals surface area contributed by atoms with Crippen molar-refractivity contribution in [2.45, 2.75) is 102 Å². The fraction of sp³-hybridized carbons (Fsp3) is 0.696. The third-order valence-corrected chi connectivity index (χ3v) is 6.07. The van der Waals surface area contributed by atoms with Crippen LogP contribution >= 0.6 is 11.8 Å². The van der Waals surface area contributed by atoms with Crippen LogP contribution in [0.2, 0.25) is 0 Å². The number of nitrogens with two attached hydrogens (primary N) is 1. The Balaban J connectivity index is 1.88. The molecule has 1 rings (SSSR count). The highest BCUT2D eigenvalue weighted by molar-refractivity contribution is 7.99. The number of hydrogen-bond acceptors (Lipinski definition) is 2. The number of hydrogen-bond donors (Lipinski definition) is 1. The Morgan fingerprint density at radius 3 is 1.73 bits per heavy atom. The maximum Gasteiger partial charge on any atom is 0.249 e. The van der Waals surface area contributed by atoms with E-state index in [9.17, 15) is 4.79 Å². The third kappa shape index (κ3) is 11.6. The molecule has 0 aromatic heterocycles. The fourth-order valence-corrected chi connectivity index (χ4v) is 4.34. The number of rotatable bonds is 17. The summed E-state index contributed by atoms with van der Waals surface area (Å²) in [6, 6.07) is 7.65. The summed E-state index contributed by atoms with van der Waals surface area (Å²) in [7, 11) is 0. The summed E-state index contributed by atoms with van der Waals surface area (Å²) in [6.45, 7) is 2.28. The number of amides is 1. The van der Waals surface area contributed by atoms with Crippen LogP contribution in [0.3, 0.4) is 0 Å². The number of primary amides is 1. The van der Waals surface area contributed by atoms with Crippen LogP contribution in [0.25, 0.3) is 0 Å². The SMILES string of the molecule is CCCCCCCCCCCCCCCCSc1ccccc1C(N)=O. The van der Waals surface area contributed by atoms with Crippen LogP contribution in [0.4, 0.5) is 0 Å². The standard InChI is InChI=1S/C23H39NOS/c1-2-3-4-5-6-7-8-9-10-11-12-13-14-17-20-26-22-19-16-15-18-21(22)23(24)25/h15-16,18-19H,2-14,17,20H2,1H3,(H2,24,25). The monoisotopic (exact) mass is 377 g/mol. The smallest absolute Gasteiger partial charge is 0.249 e. The Hall–Kier alpha value is -0.960. The minimum absolute atomic E-state index is 0.325. The van der Waals surface area contributed by atoms with Crippen LogP contribution in [0.1, 0.15) is 107 Å². The normalized spacial score (nSPS) is 11.0. The van der Waals surface area contributed by atoms with Crippen molar-refractivity contribution in [2.24, 2.45) is 5.73 Å². The molecule has 1 aromatic carbocycles. The summed E-state index contributed by atoms with van der Waals surface area (Å²) in [5.74, 6) is 0.747. The van der Waals surface area contributed by atoms with E-state index in [0.29, 0.717) is 5.56 Å². The molecule has 2 N–H and O–H groups in total. The van der Waals surface area contributed by atoms with Crippen LogP contribution in [0, 0.1) is 0 Å². The number of thioether (sulfide) groups is 1. The minimum atomic E-state index is -0.325. The topological polar surface area (TPSA) is 43.1 Å². The Morgan fingerprint density at radius 1 is 0.769 bits per heavy atom. The Kier molecular flexibility index (Phi) is 14.4. The van der Waals surface area contributed by atoms with Crippen LogP contribution in [0.5, 0.6) is 0 Å². The summed E-state index contributed by atoms with van der Waals surface area (Å²) < 4.78 is 0. The van der Waals surface area contributed by atoms with Gasteiger partial charge in [0.2, 0.25) is 5.91 Å². The Morgan fingerprint density at radius 2 is 1.23 bits per heavy atom. The summed E-state index contributed by atoms with van der Waals surface area (Å²) in [4.78, 5) is 12.4. The van der Waals surface area contributed by atoms with Gasteiger partial charge in [-0.1, -0.05) is 103 Å². The van der Waals surface area contributed by atoms with E-state index in [0.717, 1.165) is 10.6 Å². The highest BCUT2D eigenvalue weighted by atomic mass is 32.2. The molecule has 1 aromatic rings. The Bertz CT molecular complexity index is 475. The lowest BCUT2D eigenvalue weighted by atomic mass is 10.0. The lowest BCUT2D eigenvalue weighted by Gasteiger charge is -2.06. The zero-order valence-electron chi connectivity index (χ0n) is 16.8. The van der Waals surface area contributed by atoms with Crippen LogP contribution in [-0.2, 0) is 0 Å². The predicted molar refractivity (Wildman–Crippen MR) is 116 cm³/mol. The van der Waals surface area contributed by atoms with Crippen molar-refractivity contribution in [3.8, 4) is 0 Å². The maximum absolute atomic E-state index is 11.4. The van der Waals surface area contributed by atoms with Crippen molar-refractivity contribution in [3.63, 3.8) is 0 Å². The average molecular weight is 378 g/mol. The first-order valence-electron chi connectivity index (χ1n) is 10.8. The van der Waals surface area contributed by atoms with Gasteiger partial charge < -0.3 is 5.73 Å². The molecular weight excluding hydrogens is 338 g/mol. The zero-order valence-corrected chi connectivity index (χ0v) is 17.6. The van der Waals surface area contributed by atoms with Gasteiger partial charge in [-0.2, -0.15) is 0 Å². The van der Waals surface area contributed by atoms with Crippen LogP contribution < -0.4 is 5.73 Å². The third-order valence-electron chi connectivity index (χ3n) is 4.91. The number of carbonyl (C=O) groups excluding carboxylic acids is 1. The molecule has 0 bridgehead atoms. The summed E-state index contributed by atoms with van der Waals surface area (Å²) in [5.41, 5.74) is 6.07. The largest absolute Gasteiger partial charge is 0.366 e. The Labute approximate surface area is 165 Å². The van der Waals surface area contributed by atoms with Gasteiger partial charge in [-0.3, -0.25) is 4.79 Å². The van der Waals surface area contributed by atoms with Crippen molar-refractivity contribution in [2.75, 3.05) is 5.75 Å². The van der Waals surface area contributed by atoms with E-state index in [1.165, 1.54) is 89.9 Å². The first-order chi connectivity index (χ1) is 12.8. The molecule has 26 heavy (non-hydrogen) atoms.